The van der Waals surface area contributed by atoms with Gasteiger partial charge in [-0.25, -0.2) is 0 Å². The Hall–Kier alpha value is -1.06. The molecule has 2 aliphatic heterocycles. The highest BCUT2D eigenvalue weighted by Gasteiger charge is 2.26. The Morgan fingerprint density at radius 2 is 1.90 bits per heavy atom. The van der Waals surface area contributed by atoms with Gasteiger partial charge in [-0.15, -0.1) is 0 Å². The van der Waals surface area contributed by atoms with Gasteiger partial charge in [0.05, 0.1) is 0 Å². The van der Waals surface area contributed by atoms with Crippen molar-refractivity contribution in [3.8, 4) is 5.75 Å². The van der Waals surface area contributed by atoms with Crippen molar-refractivity contribution >= 4 is 0 Å². The molecule has 4 rings (SSSR count). The van der Waals surface area contributed by atoms with E-state index in [0.717, 1.165) is 31.3 Å². The molecule has 0 spiro atoms. The molecule has 3 heteroatoms. The molecule has 0 aromatic heterocycles. The van der Waals surface area contributed by atoms with Crippen LogP contribution in [0.25, 0.3) is 0 Å². The van der Waals surface area contributed by atoms with Crippen LogP contribution in [-0.4, -0.2) is 43.2 Å². The minimum Gasteiger partial charge on any atom is -0.489 e. The molecule has 3 aliphatic rings. The van der Waals surface area contributed by atoms with Gasteiger partial charge in [0.2, 0.25) is 0 Å². The highest BCUT2D eigenvalue weighted by molar-refractivity contribution is 5.37. The molecule has 1 aromatic rings. The maximum absolute atomic E-state index is 6.11. The second-order valence-corrected chi connectivity index (χ2v) is 6.78. The van der Waals surface area contributed by atoms with E-state index in [4.69, 9.17) is 4.74 Å². The van der Waals surface area contributed by atoms with E-state index in [-0.39, 0.29) is 0 Å². The Morgan fingerprint density at radius 1 is 1.05 bits per heavy atom. The molecule has 1 saturated carbocycles. The summed E-state index contributed by atoms with van der Waals surface area (Å²) in [7, 11) is 0. The van der Waals surface area contributed by atoms with Gasteiger partial charge in [0.1, 0.15) is 11.9 Å². The van der Waals surface area contributed by atoms with E-state index in [1.165, 1.54) is 56.3 Å². The van der Waals surface area contributed by atoms with Crippen LogP contribution >= 0.6 is 0 Å². The summed E-state index contributed by atoms with van der Waals surface area (Å²) in [5.74, 6) is 1.07. The third kappa shape index (κ3) is 2.95. The minimum absolute atomic E-state index is 0.361. The number of nitrogens with zero attached hydrogens (tertiary/aromatic N) is 1. The third-order valence-electron chi connectivity index (χ3n) is 5.42. The third-order valence-corrected chi connectivity index (χ3v) is 5.42. The van der Waals surface area contributed by atoms with Gasteiger partial charge in [0.25, 0.3) is 0 Å². The fourth-order valence-corrected chi connectivity index (χ4v) is 3.83. The van der Waals surface area contributed by atoms with Gasteiger partial charge in [-0.1, -0.05) is 12.5 Å². The van der Waals surface area contributed by atoms with Crippen molar-refractivity contribution in [1.29, 1.82) is 0 Å². The Kier molecular flexibility index (Phi) is 3.87. The van der Waals surface area contributed by atoms with Crippen molar-refractivity contribution in [3.05, 3.63) is 29.3 Å². The fraction of sp³-hybridized carbons (Fsp3) is 0.667. The zero-order chi connectivity index (χ0) is 14.1. The van der Waals surface area contributed by atoms with Gasteiger partial charge in [0.15, 0.2) is 0 Å². The van der Waals surface area contributed by atoms with Crippen LogP contribution in [-0.2, 0) is 12.8 Å². The average molecular weight is 286 g/mol. The van der Waals surface area contributed by atoms with Crippen molar-refractivity contribution < 1.29 is 4.74 Å². The van der Waals surface area contributed by atoms with E-state index in [1.807, 2.05) is 0 Å². The van der Waals surface area contributed by atoms with Gasteiger partial charge in [0, 0.05) is 25.7 Å². The Labute approximate surface area is 127 Å². The summed E-state index contributed by atoms with van der Waals surface area (Å²) in [6.45, 7) is 4.55. The van der Waals surface area contributed by atoms with Crippen molar-refractivity contribution in [2.24, 2.45) is 0 Å². The first-order chi connectivity index (χ1) is 10.4. The summed E-state index contributed by atoms with van der Waals surface area (Å²) in [5, 5.41) is 3.36. The smallest absolute Gasteiger partial charge is 0.120 e. The summed E-state index contributed by atoms with van der Waals surface area (Å²) >= 11 is 0. The van der Waals surface area contributed by atoms with Crippen molar-refractivity contribution in [3.63, 3.8) is 0 Å². The molecule has 2 heterocycles. The molecule has 0 unspecified atom stereocenters. The number of hydrogen-bond acceptors (Lipinski definition) is 3. The fourth-order valence-electron chi connectivity index (χ4n) is 3.83. The first kappa shape index (κ1) is 13.6. The zero-order valence-corrected chi connectivity index (χ0v) is 12.8. The predicted octanol–water partition coefficient (Wildman–Crippen LogP) is 2.38. The summed E-state index contributed by atoms with van der Waals surface area (Å²) in [6.07, 6.45) is 8.15. The average Bonchev–Trinajstić information content (AvgIpc) is 2.85. The summed E-state index contributed by atoms with van der Waals surface area (Å²) < 4.78 is 6.11. The molecule has 2 fully saturated rings. The molecule has 1 atom stereocenters. The van der Waals surface area contributed by atoms with Crippen LogP contribution < -0.4 is 10.1 Å². The Bertz CT molecular complexity index is 492. The monoisotopic (exact) mass is 286 g/mol. The number of hydrogen-bond donors (Lipinski definition) is 1. The lowest BCUT2D eigenvalue weighted by Gasteiger charge is -2.36. The van der Waals surface area contributed by atoms with Crippen LogP contribution in [0.3, 0.4) is 0 Å². The van der Waals surface area contributed by atoms with Crippen molar-refractivity contribution in [1.82, 2.24) is 10.2 Å². The SMILES string of the molecule is c1cc2c(cc1O[C@@H]1CCNC1)CCN(C1CCC1)CC2. The van der Waals surface area contributed by atoms with E-state index < -0.39 is 0 Å². The maximum Gasteiger partial charge on any atom is 0.120 e. The van der Waals surface area contributed by atoms with E-state index >= 15 is 0 Å². The zero-order valence-electron chi connectivity index (χ0n) is 12.8. The highest BCUT2D eigenvalue weighted by Crippen LogP contribution is 2.29. The minimum atomic E-state index is 0.361. The number of ether oxygens (including phenoxy) is 1. The molecule has 21 heavy (non-hydrogen) atoms. The molecule has 1 N–H and O–H groups in total. The molecule has 0 amide bonds. The van der Waals surface area contributed by atoms with E-state index in [9.17, 15) is 0 Å². The predicted molar refractivity (Wildman–Crippen MR) is 85.0 cm³/mol. The molecule has 0 bridgehead atoms. The molecule has 1 saturated heterocycles. The molecule has 114 valence electrons. The summed E-state index contributed by atoms with van der Waals surface area (Å²) in [4.78, 5) is 2.71. The van der Waals surface area contributed by atoms with Crippen LogP contribution in [0.4, 0.5) is 0 Å². The Balaban J connectivity index is 1.44. The molecular formula is C18H26N2O. The van der Waals surface area contributed by atoms with E-state index in [2.05, 4.69) is 28.4 Å². The second-order valence-electron chi connectivity index (χ2n) is 6.78. The lowest BCUT2D eigenvalue weighted by molar-refractivity contribution is 0.133. The number of rotatable bonds is 3. The highest BCUT2D eigenvalue weighted by atomic mass is 16.5. The largest absolute Gasteiger partial charge is 0.489 e. The van der Waals surface area contributed by atoms with Crippen molar-refractivity contribution in [2.75, 3.05) is 26.2 Å². The van der Waals surface area contributed by atoms with Gasteiger partial charge >= 0.3 is 0 Å². The van der Waals surface area contributed by atoms with E-state index in [1.54, 1.807) is 0 Å². The number of fused-ring (bicyclic) bond motifs is 1. The van der Waals surface area contributed by atoms with Crippen LogP contribution in [0.2, 0.25) is 0 Å². The molecular weight excluding hydrogens is 260 g/mol. The Morgan fingerprint density at radius 3 is 2.62 bits per heavy atom. The van der Waals surface area contributed by atoms with Crippen LogP contribution in [0.1, 0.15) is 36.8 Å². The molecule has 1 aliphatic carbocycles. The normalized spacial score (nSPS) is 27.0. The lowest BCUT2D eigenvalue weighted by atomic mass is 9.91. The molecule has 0 radical (unpaired) electrons. The van der Waals surface area contributed by atoms with Crippen LogP contribution in [0.5, 0.6) is 5.75 Å². The van der Waals surface area contributed by atoms with Crippen molar-refractivity contribution in [2.45, 2.75) is 50.7 Å². The maximum atomic E-state index is 6.11. The topological polar surface area (TPSA) is 24.5 Å². The van der Waals surface area contributed by atoms with Crippen LogP contribution in [0, 0.1) is 0 Å². The first-order valence-corrected chi connectivity index (χ1v) is 8.62. The summed E-state index contributed by atoms with van der Waals surface area (Å²) in [5.41, 5.74) is 3.05. The van der Waals surface area contributed by atoms with Gasteiger partial charge in [-0.2, -0.15) is 0 Å². The lowest BCUT2D eigenvalue weighted by Crippen LogP contribution is -2.41. The summed E-state index contributed by atoms with van der Waals surface area (Å²) in [6, 6.07) is 7.66. The van der Waals surface area contributed by atoms with Crippen LogP contribution in [0.15, 0.2) is 18.2 Å². The first-order valence-electron chi connectivity index (χ1n) is 8.62. The standard InChI is InChI=1S/C18H26N2O/c1-2-16(3-1)20-10-7-14-4-5-17(12-15(14)8-11-20)21-18-6-9-19-13-18/h4-5,12,16,18-19H,1-3,6-11,13H2/t18-/m1/s1. The van der Waals surface area contributed by atoms with Gasteiger partial charge in [-0.05, 0) is 61.9 Å². The van der Waals surface area contributed by atoms with Gasteiger partial charge < -0.3 is 10.1 Å². The second kappa shape index (κ2) is 5.98. The molecule has 3 nitrogen and oxygen atoms in total. The van der Waals surface area contributed by atoms with E-state index in [0.29, 0.717) is 6.10 Å². The number of benzene rings is 1. The number of nitrogens with one attached hydrogen (secondary N) is 1. The quantitative estimate of drug-likeness (QED) is 0.923. The van der Waals surface area contributed by atoms with Gasteiger partial charge in [-0.3, -0.25) is 4.90 Å². The molecule has 1 aromatic carbocycles.